The van der Waals surface area contributed by atoms with Crippen LogP contribution < -0.4 is 0 Å². The number of aliphatic hydroxyl groups is 1. The van der Waals surface area contributed by atoms with Crippen LogP contribution in [-0.4, -0.2) is 11.2 Å². The van der Waals surface area contributed by atoms with E-state index >= 15 is 0 Å². The van der Waals surface area contributed by atoms with E-state index in [0.717, 1.165) is 19.3 Å². The molecule has 0 fully saturated rings. The Balaban J connectivity index is 3.64. The van der Waals surface area contributed by atoms with Gasteiger partial charge in [0, 0.05) is 12.8 Å². The SMILES string of the molecule is C=CC(O)C(C)CC#CCCC. The lowest BCUT2D eigenvalue weighted by atomic mass is 10.0. The summed E-state index contributed by atoms with van der Waals surface area (Å²) in [6, 6.07) is 0. The van der Waals surface area contributed by atoms with Gasteiger partial charge in [0.1, 0.15) is 0 Å². The largest absolute Gasteiger partial charge is 0.389 e. The molecule has 0 aliphatic heterocycles. The number of unbranched alkanes of at least 4 members (excludes halogenated alkanes) is 1. The maximum Gasteiger partial charge on any atom is 0.0752 e. The Morgan fingerprint density at radius 1 is 1.50 bits per heavy atom. The first kappa shape index (κ1) is 11.3. The van der Waals surface area contributed by atoms with Crippen molar-refractivity contribution in [3.8, 4) is 11.8 Å². The molecule has 1 N–H and O–H groups in total. The maximum absolute atomic E-state index is 9.30. The lowest BCUT2D eigenvalue weighted by molar-refractivity contribution is 0.165. The molecule has 0 heterocycles. The van der Waals surface area contributed by atoms with Crippen LogP contribution in [0.15, 0.2) is 12.7 Å². The van der Waals surface area contributed by atoms with Crippen molar-refractivity contribution in [3.63, 3.8) is 0 Å². The molecule has 1 heteroatoms. The first-order valence-corrected chi connectivity index (χ1v) is 4.48. The zero-order chi connectivity index (χ0) is 9.40. The number of hydrogen-bond donors (Lipinski definition) is 1. The van der Waals surface area contributed by atoms with E-state index in [1.165, 1.54) is 0 Å². The minimum absolute atomic E-state index is 0.201. The lowest BCUT2D eigenvalue weighted by Crippen LogP contribution is -2.13. The minimum atomic E-state index is -0.416. The van der Waals surface area contributed by atoms with E-state index in [4.69, 9.17) is 0 Å². The summed E-state index contributed by atoms with van der Waals surface area (Å²) >= 11 is 0. The smallest absolute Gasteiger partial charge is 0.0752 e. The maximum atomic E-state index is 9.30. The molecule has 1 nitrogen and oxygen atoms in total. The van der Waals surface area contributed by atoms with Gasteiger partial charge in [-0.05, 0) is 12.3 Å². The van der Waals surface area contributed by atoms with Crippen LogP contribution in [-0.2, 0) is 0 Å². The molecule has 0 aromatic heterocycles. The lowest BCUT2D eigenvalue weighted by Gasteiger charge is -2.10. The second-order valence-electron chi connectivity index (χ2n) is 3.01. The average Bonchev–Trinajstić information content (AvgIpc) is 2.10. The van der Waals surface area contributed by atoms with Gasteiger partial charge >= 0.3 is 0 Å². The topological polar surface area (TPSA) is 20.2 Å². The molecule has 0 aliphatic carbocycles. The molecule has 0 spiro atoms. The second-order valence-corrected chi connectivity index (χ2v) is 3.01. The van der Waals surface area contributed by atoms with E-state index in [9.17, 15) is 5.11 Å². The highest BCUT2D eigenvalue weighted by Crippen LogP contribution is 2.07. The molecule has 0 amide bonds. The molecule has 12 heavy (non-hydrogen) atoms. The molecular weight excluding hydrogens is 148 g/mol. The molecule has 0 aliphatic rings. The van der Waals surface area contributed by atoms with E-state index in [1.807, 2.05) is 6.92 Å². The van der Waals surface area contributed by atoms with Crippen LogP contribution >= 0.6 is 0 Å². The van der Waals surface area contributed by atoms with Gasteiger partial charge in [-0.2, -0.15) is 0 Å². The van der Waals surface area contributed by atoms with Crippen LogP contribution in [0.25, 0.3) is 0 Å². The zero-order valence-electron chi connectivity index (χ0n) is 8.01. The molecule has 0 radical (unpaired) electrons. The van der Waals surface area contributed by atoms with Crippen LogP contribution in [0.4, 0.5) is 0 Å². The van der Waals surface area contributed by atoms with Gasteiger partial charge in [0.2, 0.25) is 0 Å². The van der Waals surface area contributed by atoms with Crippen LogP contribution in [0.5, 0.6) is 0 Å². The van der Waals surface area contributed by atoms with Gasteiger partial charge in [-0.25, -0.2) is 0 Å². The van der Waals surface area contributed by atoms with Gasteiger partial charge in [-0.15, -0.1) is 18.4 Å². The Hall–Kier alpha value is -0.740. The monoisotopic (exact) mass is 166 g/mol. The summed E-state index contributed by atoms with van der Waals surface area (Å²) in [5.41, 5.74) is 0. The first-order valence-electron chi connectivity index (χ1n) is 4.48. The molecule has 68 valence electrons. The molecule has 0 aromatic rings. The fraction of sp³-hybridized carbons (Fsp3) is 0.636. The summed E-state index contributed by atoms with van der Waals surface area (Å²) in [6.45, 7) is 7.61. The Kier molecular flexibility index (Phi) is 6.51. The van der Waals surface area contributed by atoms with E-state index in [0.29, 0.717) is 0 Å². The molecule has 0 saturated carbocycles. The third-order valence-electron chi connectivity index (χ3n) is 1.75. The van der Waals surface area contributed by atoms with Crippen molar-refractivity contribution in [2.24, 2.45) is 5.92 Å². The molecule has 0 aromatic carbocycles. The molecule has 0 rings (SSSR count). The van der Waals surface area contributed by atoms with Gasteiger partial charge in [-0.3, -0.25) is 0 Å². The van der Waals surface area contributed by atoms with Crippen molar-refractivity contribution in [2.45, 2.75) is 39.2 Å². The van der Waals surface area contributed by atoms with Crippen molar-refractivity contribution in [1.29, 1.82) is 0 Å². The average molecular weight is 166 g/mol. The van der Waals surface area contributed by atoms with Crippen molar-refractivity contribution >= 4 is 0 Å². The van der Waals surface area contributed by atoms with Crippen molar-refractivity contribution in [3.05, 3.63) is 12.7 Å². The highest BCUT2D eigenvalue weighted by Gasteiger charge is 2.07. The van der Waals surface area contributed by atoms with Crippen LogP contribution in [0.3, 0.4) is 0 Å². The summed E-state index contributed by atoms with van der Waals surface area (Å²) in [5.74, 6) is 6.29. The fourth-order valence-corrected chi connectivity index (χ4v) is 0.800. The van der Waals surface area contributed by atoms with Crippen LogP contribution in [0.2, 0.25) is 0 Å². The molecular formula is C11H18O. The van der Waals surface area contributed by atoms with Gasteiger partial charge in [-0.1, -0.05) is 19.9 Å². The van der Waals surface area contributed by atoms with E-state index < -0.39 is 6.10 Å². The molecule has 2 atom stereocenters. The van der Waals surface area contributed by atoms with Gasteiger partial charge < -0.3 is 5.11 Å². The van der Waals surface area contributed by atoms with E-state index in [1.54, 1.807) is 6.08 Å². The second kappa shape index (κ2) is 6.94. The summed E-state index contributed by atoms with van der Waals surface area (Å²) < 4.78 is 0. The van der Waals surface area contributed by atoms with Crippen LogP contribution in [0, 0.1) is 17.8 Å². The Labute approximate surface area is 75.5 Å². The summed E-state index contributed by atoms with van der Waals surface area (Å²) in [4.78, 5) is 0. The molecule has 0 bridgehead atoms. The molecule has 2 unspecified atom stereocenters. The van der Waals surface area contributed by atoms with E-state index in [-0.39, 0.29) is 5.92 Å². The third kappa shape index (κ3) is 4.98. The minimum Gasteiger partial charge on any atom is -0.389 e. The highest BCUT2D eigenvalue weighted by molar-refractivity contribution is 5.01. The summed E-state index contributed by atoms with van der Waals surface area (Å²) in [7, 11) is 0. The normalized spacial score (nSPS) is 14.2. The Morgan fingerprint density at radius 3 is 2.67 bits per heavy atom. The van der Waals surface area contributed by atoms with Crippen molar-refractivity contribution in [2.75, 3.05) is 0 Å². The van der Waals surface area contributed by atoms with Gasteiger partial charge in [0.15, 0.2) is 0 Å². The van der Waals surface area contributed by atoms with Crippen LogP contribution in [0.1, 0.15) is 33.1 Å². The standard InChI is InChI=1S/C11H18O/c1-4-6-7-8-9-10(3)11(12)5-2/h5,10-12H,2,4,6,9H2,1,3H3. The third-order valence-corrected chi connectivity index (χ3v) is 1.75. The highest BCUT2D eigenvalue weighted by atomic mass is 16.3. The fourth-order valence-electron chi connectivity index (χ4n) is 0.800. The zero-order valence-corrected chi connectivity index (χ0v) is 8.01. The summed E-state index contributed by atoms with van der Waals surface area (Å²) in [5, 5.41) is 9.30. The van der Waals surface area contributed by atoms with Gasteiger partial charge in [0.05, 0.1) is 6.10 Å². The predicted molar refractivity (Wildman–Crippen MR) is 52.7 cm³/mol. The van der Waals surface area contributed by atoms with E-state index in [2.05, 4.69) is 25.3 Å². The summed E-state index contributed by atoms with van der Waals surface area (Å²) in [6.07, 6.45) is 3.96. The molecule has 0 saturated heterocycles. The first-order chi connectivity index (χ1) is 5.72. The Morgan fingerprint density at radius 2 is 2.17 bits per heavy atom. The Bertz CT molecular complexity index is 173. The predicted octanol–water partition coefficient (Wildman–Crippen LogP) is 2.36. The van der Waals surface area contributed by atoms with Crippen molar-refractivity contribution < 1.29 is 5.11 Å². The number of aliphatic hydroxyl groups excluding tert-OH is 1. The number of hydrogen-bond acceptors (Lipinski definition) is 1. The van der Waals surface area contributed by atoms with Gasteiger partial charge in [0.25, 0.3) is 0 Å². The number of rotatable bonds is 4. The van der Waals surface area contributed by atoms with Crippen molar-refractivity contribution in [1.82, 2.24) is 0 Å². The quantitative estimate of drug-likeness (QED) is 0.502.